The molecule has 2 N–H and O–H groups in total. The van der Waals surface area contributed by atoms with Gasteiger partial charge in [0.15, 0.2) is 0 Å². The molecule has 3 aromatic rings. The van der Waals surface area contributed by atoms with Crippen molar-refractivity contribution in [3.63, 3.8) is 0 Å². The van der Waals surface area contributed by atoms with Crippen molar-refractivity contribution in [3.8, 4) is 11.6 Å². The van der Waals surface area contributed by atoms with Crippen LogP contribution in [0.4, 0.5) is 11.6 Å². The molecule has 5 rings (SSSR count). The van der Waals surface area contributed by atoms with Gasteiger partial charge in [0.05, 0.1) is 11.9 Å². The van der Waals surface area contributed by atoms with Crippen LogP contribution in [0.1, 0.15) is 37.3 Å². The van der Waals surface area contributed by atoms with E-state index in [1.807, 2.05) is 30.3 Å². The van der Waals surface area contributed by atoms with E-state index < -0.39 is 10.0 Å². The normalized spacial score (nSPS) is 17.1. The molecule has 0 amide bonds. The minimum absolute atomic E-state index is 0.000639. The summed E-state index contributed by atoms with van der Waals surface area (Å²) in [5.74, 6) is 1.22. The lowest BCUT2D eigenvalue weighted by atomic mass is 10.0. The number of sulfonamides is 1. The van der Waals surface area contributed by atoms with Crippen molar-refractivity contribution >= 4 is 21.7 Å². The third kappa shape index (κ3) is 5.15. The zero-order chi connectivity index (χ0) is 23.5. The molecular weight excluding hydrogens is 454 g/mol. The molecule has 180 valence electrons. The van der Waals surface area contributed by atoms with Crippen LogP contribution in [0.2, 0.25) is 0 Å². The highest BCUT2D eigenvalue weighted by molar-refractivity contribution is 7.92. The van der Waals surface area contributed by atoms with Gasteiger partial charge in [0.1, 0.15) is 10.6 Å². The quantitative estimate of drug-likeness (QED) is 0.527. The van der Waals surface area contributed by atoms with Gasteiger partial charge in [-0.1, -0.05) is 12.8 Å². The lowest BCUT2D eigenvalue weighted by Crippen LogP contribution is -2.43. The first-order valence-electron chi connectivity index (χ1n) is 11.6. The number of aromatic nitrogens is 4. The molecular formula is C23H29N7O3S. The highest BCUT2D eigenvalue weighted by Crippen LogP contribution is 2.35. The Labute approximate surface area is 199 Å². The fraction of sp³-hybridized carbons (Fsp3) is 0.435. The van der Waals surface area contributed by atoms with Crippen LogP contribution in [0, 0.1) is 0 Å². The van der Waals surface area contributed by atoms with Gasteiger partial charge in [-0.15, -0.1) is 0 Å². The van der Waals surface area contributed by atoms with Gasteiger partial charge in [-0.05, 0) is 37.1 Å². The third-order valence-electron chi connectivity index (χ3n) is 6.25. The standard InChI is InChI=1S/C23H29N7O3S/c1-29-16-20(15-25-29)34(31,32)28-23-26-21(17-4-2-3-5-17)14-22(27-23)33-19-8-6-18(7-9-19)30-12-10-24-11-13-30/h6-9,14-17,24H,2-5,10-13H2,1H3,(H,26,27,28). The van der Waals surface area contributed by atoms with Gasteiger partial charge in [0.25, 0.3) is 10.0 Å². The van der Waals surface area contributed by atoms with Gasteiger partial charge < -0.3 is 15.0 Å². The van der Waals surface area contributed by atoms with Gasteiger partial charge >= 0.3 is 0 Å². The molecule has 0 unspecified atom stereocenters. The SMILES string of the molecule is Cn1cc(S(=O)(=O)Nc2nc(Oc3ccc(N4CCNCC4)cc3)cc(C3CCCC3)n2)cn1. The van der Waals surface area contributed by atoms with Crippen molar-refractivity contribution in [2.24, 2.45) is 7.05 Å². The summed E-state index contributed by atoms with van der Waals surface area (Å²) < 4.78 is 35.6. The van der Waals surface area contributed by atoms with E-state index in [0.29, 0.717) is 11.6 Å². The molecule has 0 bridgehead atoms. The molecule has 0 atom stereocenters. The molecule has 34 heavy (non-hydrogen) atoms. The summed E-state index contributed by atoms with van der Waals surface area (Å²) in [5.41, 5.74) is 1.94. The molecule has 1 saturated heterocycles. The maximum atomic E-state index is 12.8. The first kappa shape index (κ1) is 22.6. The van der Waals surface area contributed by atoms with Crippen molar-refractivity contribution in [1.82, 2.24) is 25.1 Å². The fourth-order valence-corrected chi connectivity index (χ4v) is 5.38. The van der Waals surface area contributed by atoms with E-state index in [1.54, 1.807) is 7.05 Å². The van der Waals surface area contributed by atoms with E-state index in [9.17, 15) is 8.42 Å². The molecule has 1 aromatic carbocycles. The topological polar surface area (TPSA) is 114 Å². The van der Waals surface area contributed by atoms with E-state index in [1.165, 1.54) is 17.1 Å². The second-order valence-electron chi connectivity index (χ2n) is 8.72. The third-order valence-corrected chi connectivity index (χ3v) is 7.54. The van der Waals surface area contributed by atoms with Crippen molar-refractivity contribution in [3.05, 3.63) is 48.4 Å². The predicted octanol–water partition coefficient (Wildman–Crippen LogP) is 2.87. The molecule has 0 spiro atoms. The molecule has 3 heterocycles. The first-order valence-corrected chi connectivity index (χ1v) is 13.1. The van der Waals surface area contributed by atoms with Crippen LogP contribution >= 0.6 is 0 Å². The number of ether oxygens (including phenoxy) is 1. The summed E-state index contributed by atoms with van der Waals surface area (Å²) in [6.07, 6.45) is 7.03. The van der Waals surface area contributed by atoms with Crippen LogP contribution in [0.15, 0.2) is 47.6 Å². The van der Waals surface area contributed by atoms with Gasteiger partial charge in [0, 0.05) is 57.1 Å². The number of piperazine rings is 1. The second-order valence-corrected chi connectivity index (χ2v) is 10.4. The van der Waals surface area contributed by atoms with Gasteiger partial charge in [-0.3, -0.25) is 4.68 Å². The minimum Gasteiger partial charge on any atom is -0.439 e. The number of hydrogen-bond donors (Lipinski definition) is 2. The Morgan fingerprint density at radius 1 is 1.09 bits per heavy atom. The van der Waals surface area contributed by atoms with Crippen molar-refractivity contribution in [1.29, 1.82) is 0 Å². The molecule has 1 saturated carbocycles. The van der Waals surface area contributed by atoms with Crippen LogP contribution < -0.4 is 19.7 Å². The van der Waals surface area contributed by atoms with Crippen LogP contribution in [-0.4, -0.2) is 54.3 Å². The molecule has 11 heteroatoms. The summed E-state index contributed by atoms with van der Waals surface area (Å²) in [6.45, 7) is 3.89. The maximum absolute atomic E-state index is 12.8. The Morgan fingerprint density at radius 2 is 1.82 bits per heavy atom. The summed E-state index contributed by atoms with van der Waals surface area (Å²) >= 11 is 0. The lowest BCUT2D eigenvalue weighted by molar-refractivity contribution is 0.460. The minimum atomic E-state index is -3.86. The molecule has 2 aliphatic rings. The van der Waals surface area contributed by atoms with E-state index in [2.05, 4.69) is 30.0 Å². The summed E-state index contributed by atoms with van der Waals surface area (Å²) in [4.78, 5) is 11.3. The number of rotatable bonds is 7. The average Bonchev–Trinajstić information content (AvgIpc) is 3.52. The van der Waals surface area contributed by atoms with Crippen molar-refractivity contribution in [2.75, 3.05) is 35.8 Å². The smallest absolute Gasteiger partial charge is 0.267 e. The Balaban J connectivity index is 1.39. The highest BCUT2D eigenvalue weighted by Gasteiger charge is 2.23. The Kier molecular flexibility index (Phi) is 6.38. The van der Waals surface area contributed by atoms with Gasteiger partial charge in [-0.25, -0.2) is 18.1 Å². The van der Waals surface area contributed by atoms with Gasteiger partial charge in [-0.2, -0.15) is 10.1 Å². The second kappa shape index (κ2) is 9.59. The first-order chi connectivity index (χ1) is 16.5. The number of benzene rings is 1. The molecule has 2 aromatic heterocycles. The number of hydrogen-bond acceptors (Lipinski definition) is 8. The monoisotopic (exact) mass is 483 g/mol. The predicted molar refractivity (Wildman–Crippen MR) is 129 cm³/mol. The zero-order valence-corrected chi connectivity index (χ0v) is 20.0. The van der Waals surface area contributed by atoms with Crippen molar-refractivity contribution < 1.29 is 13.2 Å². The highest BCUT2D eigenvalue weighted by atomic mass is 32.2. The maximum Gasteiger partial charge on any atom is 0.267 e. The Morgan fingerprint density at radius 3 is 2.50 bits per heavy atom. The van der Waals surface area contributed by atoms with E-state index >= 15 is 0 Å². The summed E-state index contributed by atoms with van der Waals surface area (Å²) in [5, 5.41) is 7.30. The number of nitrogens with zero attached hydrogens (tertiary/aromatic N) is 5. The van der Waals surface area contributed by atoms with Crippen molar-refractivity contribution in [2.45, 2.75) is 36.5 Å². The average molecular weight is 484 g/mol. The van der Waals surface area contributed by atoms with Crippen LogP contribution in [0.5, 0.6) is 11.6 Å². The largest absolute Gasteiger partial charge is 0.439 e. The van der Waals surface area contributed by atoms with E-state index in [-0.39, 0.29) is 16.8 Å². The molecule has 10 nitrogen and oxygen atoms in total. The number of aryl methyl sites for hydroxylation is 1. The molecule has 1 aliphatic carbocycles. The zero-order valence-electron chi connectivity index (χ0n) is 19.1. The van der Waals surface area contributed by atoms with E-state index in [0.717, 1.165) is 63.2 Å². The molecule has 2 fully saturated rings. The number of anilines is 2. The Hall–Kier alpha value is -3.18. The molecule has 0 radical (unpaired) electrons. The number of nitrogens with one attached hydrogen (secondary N) is 2. The molecule has 1 aliphatic heterocycles. The van der Waals surface area contributed by atoms with E-state index in [4.69, 9.17) is 4.74 Å². The summed E-state index contributed by atoms with van der Waals surface area (Å²) in [6, 6.07) is 9.71. The summed E-state index contributed by atoms with van der Waals surface area (Å²) in [7, 11) is -2.20. The van der Waals surface area contributed by atoms with Crippen LogP contribution in [0.3, 0.4) is 0 Å². The van der Waals surface area contributed by atoms with Crippen LogP contribution in [0.25, 0.3) is 0 Å². The fourth-order valence-electron chi connectivity index (χ4n) is 4.46. The lowest BCUT2D eigenvalue weighted by Gasteiger charge is -2.29. The van der Waals surface area contributed by atoms with Gasteiger partial charge in [0.2, 0.25) is 11.8 Å². The van der Waals surface area contributed by atoms with Crippen LogP contribution in [-0.2, 0) is 17.1 Å². The Bertz CT molecular complexity index is 1230.